The zero-order valence-corrected chi connectivity index (χ0v) is 12.5. The molecule has 2 aromatic rings. The number of rotatable bonds is 3. The van der Waals surface area contributed by atoms with E-state index in [9.17, 15) is 4.79 Å². The molecule has 0 aliphatic carbocycles. The van der Waals surface area contributed by atoms with Crippen molar-refractivity contribution >= 4 is 33.4 Å². The van der Waals surface area contributed by atoms with Gasteiger partial charge < -0.3 is 10.5 Å². The van der Waals surface area contributed by atoms with Crippen LogP contribution in [0.25, 0.3) is 0 Å². The maximum absolute atomic E-state index is 11.3. The molecule has 19 heavy (non-hydrogen) atoms. The Morgan fingerprint density at radius 1 is 1.21 bits per heavy atom. The van der Waals surface area contributed by atoms with Crippen molar-refractivity contribution < 1.29 is 9.53 Å². The van der Waals surface area contributed by atoms with Gasteiger partial charge in [0.25, 0.3) is 5.91 Å². The topological polar surface area (TPSA) is 52.3 Å². The van der Waals surface area contributed by atoms with Gasteiger partial charge in [-0.2, -0.15) is 0 Å². The largest absolute Gasteiger partial charge is 0.455 e. The van der Waals surface area contributed by atoms with Crippen LogP contribution in [0.3, 0.4) is 0 Å². The molecule has 0 heterocycles. The summed E-state index contributed by atoms with van der Waals surface area (Å²) in [4.78, 5) is 11.3. The molecule has 0 aliphatic heterocycles. The Bertz CT molecular complexity index is 643. The molecule has 0 aromatic heterocycles. The number of primary amides is 1. The summed E-state index contributed by atoms with van der Waals surface area (Å²) in [6, 6.07) is 10.3. The third-order valence-electron chi connectivity index (χ3n) is 2.52. The Morgan fingerprint density at radius 2 is 1.95 bits per heavy atom. The SMILES string of the molecule is Cc1ccc(Oc2cc(Cl)ccc2C(N)=O)c(Br)c1. The molecule has 2 rings (SSSR count). The molecule has 3 nitrogen and oxygen atoms in total. The van der Waals surface area contributed by atoms with Crippen molar-refractivity contribution in [1.82, 2.24) is 0 Å². The smallest absolute Gasteiger partial charge is 0.252 e. The van der Waals surface area contributed by atoms with E-state index in [1.807, 2.05) is 25.1 Å². The average Bonchev–Trinajstić information content (AvgIpc) is 2.32. The van der Waals surface area contributed by atoms with Crippen LogP contribution in [-0.2, 0) is 0 Å². The van der Waals surface area contributed by atoms with Gasteiger partial charge in [0.05, 0.1) is 10.0 Å². The van der Waals surface area contributed by atoms with E-state index in [-0.39, 0.29) is 5.56 Å². The van der Waals surface area contributed by atoms with Crippen molar-refractivity contribution in [3.05, 3.63) is 57.0 Å². The number of hydrogen-bond donors (Lipinski definition) is 1. The lowest BCUT2D eigenvalue weighted by Crippen LogP contribution is -2.12. The lowest BCUT2D eigenvalue weighted by Gasteiger charge is -2.11. The quantitative estimate of drug-likeness (QED) is 0.905. The Kier molecular flexibility index (Phi) is 4.12. The van der Waals surface area contributed by atoms with Crippen LogP contribution in [-0.4, -0.2) is 5.91 Å². The predicted octanol–water partition coefficient (Wildman–Crippen LogP) is 4.30. The number of aryl methyl sites for hydroxylation is 1. The van der Waals surface area contributed by atoms with Crippen LogP contribution >= 0.6 is 27.5 Å². The number of benzene rings is 2. The van der Waals surface area contributed by atoms with Gasteiger partial charge in [-0.1, -0.05) is 17.7 Å². The molecule has 2 aromatic carbocycles. The maximum Gasteiger partial charge on any atom is 0.252 e. The van der Waals surface area contributed by atoms with E-state index < -0.39 is 5.91 Å². The predicted molar refractivity (Wildman–Crippen MR) is 78.9 cm³/mol. The van der Waals surface area contributed by atoms with Crippen LogP contribution in [0.15, 0.2) is 40.9 Å². The fourth-order valence-electron chi connectivity index (χ4n) is 1.59. The van der Waals surface area contributed by atoms with Crippen molar-refractivity contribution in [2.45, 2.75) is 6.92 Å². The monoisotopic (exact) mass is 339 g/mol. The molecule has 0 spiro atoms. The minimum Gasteiger partial charge on any atom is -0.455 e. The Balaban J connectivity index is 2.42. The van der Waals surface area contributed by atoms with Crippen molar-refractivity contribution in [1.29, 1.82) is 0 Å². The van der Waals surface area contributed by atoms with Gasteiger partial charge >= 0.3 is 0 Å². The lowest BCUT2D eigenvalue weighted by molar-refractivity contribution is 0.0998. The molecule has 0 radical (unpaired) electrons. The molecule has 0 atom stereocenters. The first kappa shape index (κ1) is 13.9. The Hall–Kier alpha value is -1.52. The highest BCUT2D eigenvalue weighted by atomic mass is 79.9. The first-order valence-electron chi connectivity index (χ1n) is 5.51. The molecule has 1 amide bonds. The fourth-order valence-corrected chi connectivity index (χ4v) is 2.33. The second kappa shape index (κ2) is 5.63. The highest BCUT2D eigenvalue weighted by Crippen LogP contribution is 2.33. The van der Waals surface area contributed by atoms with E-state index in [4.69, 9.17) is 22.1 Å². The molecule has 0 saturated heterocycles. The molecular weight excluding hydrogens is 330 g/mol. The number of carbonyl (C=O) groups excluding carboxylic acids is 1. The molecule has 0 saturated carbocycles. The summed E-state index contributed by atoms with van der Waals surface area (Å²) in [6.45, 7) is 1.97. The zero-order chi connectivity index (χ0) is 14.0. The van der Waals surface area contributed by atoms with Gasteiger partial charge in [0.1, 0.15) is 11.5 Å². The first-order valence-corrected chi connectivity index (χ1v) is 6.68. The van der Waals surface area contributed by atoms with E-state index in [1.54, 1.807) is 18.2 Å². The van der Waals surface area contributed by atoms with E-state index in [0.717, 1.165) is 10.0 Å². The van der Waals surface area contributed by atoms with Crippen molar-refractivity contribution in [2.24, 2.45) is 5.73 Å². The van der Waals surface area contributed by atoms with Gasteiger partial charge in [-0.25, -0.2) is 0 Å². The molecule has 0 unspecified atom stereocenters. The third-order valence-corrected chi connectivity index (χ3v) is 3.37. The molecule has 0 bridgehead atoms. The second-order valence-corrected chi connectivity index (χ2v) is 5.33. The molecule has 5 heteroatoms. The normalized spacial score (nSPS) is 10.3. The molecule has 0 fully saturated rings. The summed E-state index contributed by atoms with van der Waals surface area (Å²) < 4.78 is 6.50. The molecule has 98 valence electrons. The highest BCUT2D eigenvalue weighted by Gasteiger charge is 2.12. The van der Waals surface area contributed by atoms with E-state index >= 15 is 0 Å². The van der Waals surface area contributed by atoms with Crippen LogP contribution < -0.4 is 10.5 Å². The summed E-state index contributed by atoms with van der Waals surface area (Å²) >= 11 is 9.32. The summed E-state index contributed by atoms with van der Waals surface area (Å²) in [7, 11) is 0. The van der Waals surface area contributed by atoms with E-state index in [1.165, 1.54) is 0 Å². The van der Waals surface area contributed by atoms with Crippen molar-refractivity contribution in [3.63, 3.8) is 0 Å². The standard InChI is InChI=1S/C14H11BrClNO2/c1-8-2-5-12(11(15)6-8)19-13-7-9(16)3-4-10(13)14(17)18/h2-7H,1H3,(H2,17,18). The summed E-state index contributed by atoms with van der Waals surface area (Å²) in [5.74, 6) is 0.370. The van der Waals surface area contributed by atoms with Gasteiger partial charge in [-0.3, -0.25) is 4.79 Å². The minimum atomic E-state index is -0.560. The van der Waals surface area contributed by atoms with E-state index in [2.05, 4.69) is 15.9 Å². The van der Waals surface area contributed by atoms with Gasteiger partial charge in [0.15, 0.2) is 0 Å². The summed E-state index contributed by atoms with van der Waals surface area (Å²) in [5, 5.41) is 0.475. The number of hydrogen-bond acceptors (Lipinski definition) is 2. The molecule has 0 aliphatic rings. The minimum absolute atomic E-state index is 0.289. The fraction of sp³-hybridized carbons (Fsp3) is 0.0714. The lowest BCUT2D eigenvalue weighted by atomic mass is 10.2. The number of carbonyl (C=O) groups is 1. The zero-order valence-electron chi connectivity index (χ0n) is 10.1. The van der Waals surface area contributed by atoms with Crippen LogP contribution in [0.1, 0.15) is 15.9 Å². The Morgan fingerprint density at radius 3 is 2.58 bits per heavy atom. The Labute approximate surface area is 124 Å². The van der Waals surface area contributed by atoms with Crippen LogP contribution in [0.4, 0.5) is 0 Å². The van der Waals surface area contributed by atoms with Gasteiger partial charge in [-0.15, -0.1) is 0 Å². The van der Waals surface area contributed by atoms with E-state index in [0.29, 0.717) is 16.5 Å². The third kappa shape index (κ3) is 3.28. The van der Waals surface area contributed by atoms with Crippen LogP contribution in [0, 0.1) is 6.92 Å². The molecule has 2 N–H and O–H groups in total. The van der Waals surface area contributed by atoms with Crippen molar-refractivity contribution in [3.8, 4) is 11.5 Å². The number of amides is 1. The number of halogens is 2. The first-order chi connectivity index (χ1) is 8.97. The average molecular weight is 341 g/mol. The second-order valence-electron chi connectivity index (χ2n) is 4.04. The number of ether oxygens (including phenoxy) is 1. The molecular formula is C14H11BrClNO2. The van der Waals surface area contributed by atoms with Crippen LogP contribution in [0.2, 0.25) is 5.02 Å². The highest BCUT2D eigenvalue weighted by molar-refractivity contribution is 9.10. The van der Waals surface area contributed by atoms with Gasteiger partial charge in [0.2, 0.25) is 0 Å². The van der Waals surface area contributed by atoms with Gasteiger partial charge in [0, 0.05) is 11.1 Å². The van der Waals surface area contributed by atoms with Crippen LogP contribution in [0.5, 0.6) is 11.5 Å². The summed E-state index contributed by atoms with van der Waals surface area (Å²) in [6.07, 6.45) is 0. The summed E-state index contributed by atoms with van der Waals surface area (Å²) in [5.41, 5.74) is 6.69. The number of nitrogens with two attached hydrogens (primary N) is 1. The van der Waals surface area contributed by atoms with Gasteiger partial charge in [-0.05, 0) is 52.7 Å². The maximum atomic E-state index is 11.3. The van der Waals surface area contributed by atoms with Crippen molar-refractivity contribution in [2.75, 3.05) is 0 Å².